The molecule has 1 aromatic heterocycles. The van der Waals surface area contributed by atoms with Gasteiger partial charge in [0, 0.05) is 34.4 Å². The summed E-state index contributed by atoms with van der Waals surface area (Å²) < 4.78 is 6.84. The van der Waals surface area contributed by atoms with Crippen molar-refractivity contribution in [2.24, 2.45) is 0 Å². The lowest BCUT2D eigenvalue weighted by Gasteiger charge is -2.19. The van der Waals surface area contributed by atoms with E-state index in [-0.39, 0.29) is 5.43 Å². The summed E-state index contributed by atoms with van der Waals surface area (Å²) in [5.74, 6) is 0.647. The van der Waals surface area contributed by atoms with Crippen LogP contribution in [0.4, 0.5) is 5.69 Å². The number of hydrogen-bond donors (Lipinski definition) is 1. The van der Waals surface area contributed by atoms with Gasteiger partial charge < -0.3 is 15.0 Å². The smallest absolute Gasteiger partial charge is 0.198 e. The number of aldehydes is 1. The fourth-order valence-corrected chi connectivity index (χ4v) is 4.37. The third-order valence-corrected chi connectivity index (χ3v) is 6.04. The van der Waals surface area contributed by atoms with E-state index in [0.717, 1.165) is 47.6 Å². The number of rotatable bonds is 8. The number of carbonyl (C=O) groups excluding carboxylic acids is 1. The largest absolute Gasteiger partial charge is 0.497 e. The van der Waals surface area contributed by atoms with E-state index < -0.39 is 0 Å². The van der Waals surface area contributed by atoms with E-state index >= 15 is 0 Å². The minimum atomic E-state index is -0.0771. The number of methoxy groups -OCH3 is 1. The van der Waals surface area contributed by atoms with Gasteiger partial charge in [0.15, 0.2) is 11.7 Å². The lowest BCUT2D eigenvalue weighted by molar-refractivity contribution is 0.112. The molecule has 5 nitrogen and oxygen atoms in total. The average Bonchev–Trinajstić information content (AvgIpc) is 2.71. The molecule has 1 N–H and O–H groups in total. The van der Waals surface area contributed by atoms with Crippen LogP contribution in [0.15, 0.2) is 35.1 Å². The molecule has 0 saturated carbocycles. The maximum absolute atomic E-state index is 13.2. The summed E-state index contributed by atoms with van der Waals surface area (Å²) in [6.45, 7) is 7.87. The van der Waals surface area contributed by atoms with Gasteiger partial charge in [-0.3, -0.25) is 9.59 Å². The minimum absolute atomic E-state index is 0.0771. The predicted molar refractivity (Wildman–Crippen MR) is 114 cm³/mol. The molecule has 0 spiro atoms. The molecule has 6 heteroatoms. The van der Waals surface area contributed by atoms with E-state index in [9.17, 15) is 9.59 Å². The molecule has 0 atom stereocenters. The molecule has 0 aliphatic carbocycles. The van der Waals surface area contributed by atoms with Crippen LogP contribution in [0.25, 0.3) is 20.2 Å². The summed E-state index contributed by atoms with van der Waals surface area (Å²) in [5.41, 5.74) is 1.24. The Morgan fingerprint density at radius 1 is 1.19 bits per heavy atom. The van der Waals surface area contributed by atoms with Crippen molar-refractivity contribution in [2.75, 3.05) is 38.6 Å². The Labute approximate surface area is 162 Å². The first-order chi connectivity index (χ1) is 13.1. The van der Waals surface area contributed by atoms with Gasteiger partial charge in [-0.25, -0.2) is 0 Å². The normalized spacial score (nSPS) is 11.3. The van der Waals surface area contributed by atoms with Crippen LogP contribution in [0.5, 0.6) is 5.75 Å². The fraction of sp³-hybridized carbons (Fsp3) is 0.333. The molecule has 0 amide bonds. The topological polar surface area (TPSA) is 58.6 Å². The lowest BCUT2D eigenvalue weighted by Crippen LogP contribution is -2.28. The van der Waals surface area contributed by atoms with Crippen LogP contribution in [0.3, 0.4) is 0 Å². The predicted octanol–water partition coefficient (Wildman–Crippen LogP) is 3.99. The highest BCUT2D eigenvalue weighted by Crippen LogP contribution is 2.32. The van der Waals surface area contributed by atoms with Gasteiger partial charge in [-0.2, -0.15) is 0 Å². The van der Waals surface area contributed by atoms with Crippen LogP contribution in [0.2, 0.25) is 0 Å². The zero-order valence-corrected chi connectivity index (χ0v) is 16.7. The average molecular weight is 385 g/mol. The number of anilines is 1. The van der Waals surface area contributed by atoms with Crippen molar-refractivity contribution in [1.82, 2.24) is 4.90 Å². The van der Waals surface area contributed by atoms with Gasteiger partial charge in [-0.1, -0.05) is 13.8 Å². The van der Waals surface area contributed by atoms with Crippen molar-refractivity contribution >= 4 is 43.5 Å². The van der Waals surface area contributed by atoms with Gasteiger partial charge in [0.2, 0.25) is 0 Å². The molecule has 3 rings (SSSR count). The number of fused-ring (bicyclic) bond motifs is 2. The van der Waals surface area contributed by atoms with E-state index in [4.69, 9.17) is 4.74 Å². The number of benzene rings is 2. The summed E-state index contributed by atoms with van der Waals surface area (Å²) in [6.07, 6.45) is 0.813. The second-order valence-electron chi connectivity index (χ2n) is 6.27. The van der Waals surface area contributed by atoms with E-state index in [0.29, 0.717) is 22.1 Å². The molecule has 0 radical (unpaired) electrons. The van der Waals surface area contributed by atoms with Crippen LogP contribution >= 0.6 is 11.3 Å². The second-order valence-corrected chi connectivity index (χ2v) is 7.32. The lowest BCUT2D eigenvalue weighted by atomic mass is 10.1. The van der Waals surface area contributed by atoms with E-state index in [1.165, 1.54) is 11.3 Å². The van der Waals surface area contributed by atoms with Gasteiger partial charge in [0.1, 0.15) is 5.75 Å². The van der Waals surface area contributed by atoms with Crippen LogP contribution in [0, 0.1) is 0 Å². The van der Waals surface area contributed by atoms with Crippen molar-refractivity contribution in [3.05, 3.63) is 46.1 Å². The first-order valence-electron chi connectivity index (χ1n) is 9.11. The quantitative estimate of drug-likeness (QED) is 0.470. The zero-order chi connectivity index (χ0) is 19.4. The van der Waals surface area contributed by atoms with Crippen molar-refractivity contribution in [1.29, 1.82) is 0 Å². The van der Waals surface area contributed by atoms with Gasteiger partial charge in [-0.05, 0) is 43.4 Å². The number of ether oxygens (including phenoxy) is 1. The highest BCUT2D eigenvalue weighted by Gasteiger charge is 2.14. The van der Waals surface area contributed by atoms with Crippen molar-refractivity contribution in [2.45, 2.75) is 13.8 Å². The van der Waals surface area contributed by atoms with E-state index in [1.807, 2.05) is 18.2 Å². The standard InChI is InChI=1S/C21H24N2O3S/c1-4-23(5-2)11-10-22-17-8-6-14(13-24)21-19(17)20(25)16-12-15(26-3)7-9-18(16)27-21/h6-9,12-13,22H,4-5,10-11H2,1-3H3. The molecule has 0 unspecified atom stereocenters. The Morgan fingerprint density at radius 3 is 2.63 bits per heavy atom. The molecule has 0 aliphatic heterocycles. The molecular formula is C21H24N2O3S. The molecule has 1 heterocycles. The summed E-state index contributed by atoms with van der Waals surface area (Å²) in [7, 11) is 1.58. The molecular weight excluding hydrogens is 360 g/mol. The highest BCUT2D eigenvalue weighted by molar-refractivity contribution is 7.25. The van der Waals surface area contributed by atoms with Gasteiger partial charge in [-0.15, -0.1) is 11.3 Å². The van der Waals surface area contributed by atoms with Gasteiger partial charge in [0.05, 0.1) is 17.2 Å². The van der Waals surface area contributed by atoms with Crippen molar-refractivity contribution in [3.8, 4) is 5.75 Å². The van der Waals surface area contributed by atoms with E-state index in [2.05, 4.69) is 24.1 Å². The van der Waals surface area contributed by atoms with Crippen molar-refractivity contribution < 1.29 is 9.53 Å². The summed E-state index contributed by atoms with van der Waals surface area (Å²) in [4.78, 5) is 27.1. The molecule has 0 fully saturated rings. The van der Waals surface area contributed by atoms with Crippen LogP contribution in [-0.4, -0.2) is 44.5 Å². The number of hydrogen-bond acceptors (Lipinski definition) is 6. The number of nitrogens with zero attached hydrogens (tertiary/aromatic N) is 1. The van der Waals surface area contributed by atoms with Crippen molar-refractivity contribution in [3.63, 3.8) is 0 Å². The maximum Gasteiger partial charge on any atom is 0.198 e. The number of likely N-dealkylation sites (N-methyl/N-ethyl adjacent to an activating group) is 1. The fourth-order valence-electron chi connectivity index (χ4n) is 3.21. The summed E-state index contributed by atoms with van der Waals surface area (Å²) >= 11 is 1.46. The minimum Gasteiger partial charge on any atom is -0.497 e. The molecule has 0 bridgehead atoms. The SMILES string of the molecule is CCN(CC)CCNc1ccc(C=O)c2sc3ccc(OC)cc3c(=O)c12. The Bertz CT molecular complexity index is 1030. The second kappa shape index (κ2) is 8.50. The number of nitrogens with one attached hydrogen (secondary N) is 1. The summed E-state index contributed by atoms with van der Waals surface area (Å²) in [5, 5.41) is 4.58. The third kappa shape index (κ3) is 3.82. The first-order valence-corrected chi connectivity index (χ1v) is 9.93. The first kappa shape index (κ1) is 19.3. The molecule has 3 aromatic rings. The Kier molecular flexibility index (Phi) is 6.08. The Balaban J connectivity index is 2.12. The molecule has 0 aliphatic rings. The van der Waals surface area contributed by atoms with Crippen LogP contribution in [-0.2, 0) is 0 Å². The molecule has 142 valence electrons. The third-order valence-electron chi connectivity index (χ3n) is 4.82. The Morgan fingerprint density at radius 2 is 1.96 bits per heavy atom. The summed E-state index contributed by atoms with van der Waals surface area (Å²) in [6, 6.07) is 9.07. The molecule has 0 saturated heterocycles. The maximum atomic E-state index is 13.2. The molecule has 2 aromatic carbocycles. The monoisotopic (exact) mass is 384 g/mol. The number of carbonyl (C=O) groups is 1. The molecule has 27 heavy (non-hydrogen) atoms. The zero-order valence-electron chi connectivity index (χ0n) is 15.9. The highest BCUT2D eigenvalue weighted by atomic mass is 32.1. The van der Waals surface area contributed by atoms with E-state index in [1.54, 1.807) is 19.2 Å². The van der Waals surface area contributed by atoms with Crippen LogP contribution < -0.4 is 15.5 Å². The van der Waals surface area contributed by atoms with Crippen LogP contribution in [0.1, 0.15) is 24.2 Å². The van der Waals surface area contributed by atoms with Gasteiger partial charge in [0.25, 0.3) is 0 Å². The Hall–Kier alpha value is -2.44. The van der Waals surface area contributed by atoms with Gasteiger partial charge >= 0.3 is 0 Å².